The molecule has 0 spiro atoms. The van der Waals surface area contributed by atoms with Crippen LogP contribution in [0.1, 0.15) is 17.0 Å². The van der Waals surface area contributed by atoms with Crippen molar-refractivity contribution in [1.82, 2.24) is 9.78 Å². The van der Waals surface area contributed by atoms with Gasteiger partial charge in [0.2, 0.25) is 0 Å². The molecule has 29 heavy (non-hydrogen) atoms. The van der Waals surface area contributed by atoms with E-state index in [0.717, 1.165) is 17.1 Å². The SMILES string of the molecule is Cc1nn(Cc2cccc3ccccc23)c(C)c1NC(=S)Nc1cccc(F)c1. The van der Waals surface area contributed by atoms with Crippen LogP contribution in [-0.4, -0.2) is 14.9 Å². The second-order valence-corrected chi connectivity index (χ2v) is 7.34. The highest BCUT2D eigenvalue weighted by Crippen LogP contribution is 2.24. The van der Waals surface area contributed by atoms with E-state index in [-0.39, 0.29) is 5.82 Å². The van der Waals surface area contributed by atoms with Crippen LogP contribution >= 0.6 is 12.2 Å². The topological polar surface area (TPSA) is 41.9 Å². The number of thiocarbonyl (C=S) groups is 1. The fourth-order valence-corrected chi connectivity index (χ4v) is 3.69. The van der Waals surface area contributed by atoms with Crippen LogP contribution in [0, 0.1) is 19.7 Å². The van der Waals surface area contributed by atoms with Crippen molar-refractivity contribution in [3.63, 3.8) is 0 Å². The minimum atomic E-state index is -0.312. The summed E-state index contributed by atoms with van der Waals surface area (Å²) in [5.74, 6) is -0.312. The first-order chi connectivity index (χ1) is 14.0. The highest BCUT2D eigenvalue weighted by molar-refractivity contribution is 7.80. The quantitative estimate of drug-likeness (QED) is 0.431. The van der Waals surface area contributed by atoms with Crippen LogP contribution in [-0.2, 0) is 6.54 Å². The maximum absolute atomic E-state index is 13.4. The van der Waals surface area contributed by atoms with Crippen LogP contribution in [0.5, 0.6) is 0 Å². The molecule has 0 aliphatic carbocycles. The van der Waals surface area contributed by atoms with Crippen LogP contribution in [0.4, 0.5) is 15.8 Å². The lowest BCUT2D eigenvalue weighted by atomic mass is 10.0. The number of rotatable bonds is 4. The van der Waals surface area contributed by atoms with Crippen LogP contribution in [0.3, 0.4) is 0 Å². The third-order valence-corrected chi connectivity index (χ3v) is 5.11. The molecule has 146 valence electrons. The van der Waals surface area contributed by atoms with Crippen molar-refractivity contribution in [2.45, 2.75) is 20.4 Å². The Morgan fingerprint density at radius 3 is 2.59 bits per heavy atom. The van der Waals surface area contributed by atoms with Gasteiger partial charge >= 0.3 is 0 Å². The van der Waals surface area contributed by atoms with Crippen molar-refractivity contribution < 1.29 is 4.39 Å². The fraction of sp³-hybridized carbons (Fsp3) is 0.130. The number of aryl methyl sites for hydroxylation is 1. The van der Waals surface area contributed by atoms with Gasteiger partial charge < -0.3 is 10.6 Å². The molecule has 4 rings (SSSR count). The second-order valence-electron chi connectivity index (χ2n) is 6.93. The molecule has 0 amide bonds. The third kappa shape index (κ3) is 4.12. The number of benzene rings is 3. The van der Waals surface area contributed by atoms with Crippen LogP contribution in [0.25, 0.3) is 10.8 Å². The number of nitrogens with one attached hydrogen (secondary N) is 2. The molecule has 0 fully saturated rings. The standard InChI is InChI=1S/C23H21FN4S/c1-15-22(26-23(29)25-20-11-6-10-19(24)13-20)16(2)28(27-15)14-18-9-5-8-17-7-3-4-12-21(17)18/h3-13H,14H2,1-2H3,(H2,25,26,29). The molecule has 1 heterocycles. The molecule has 3 aromatic carbocycles. The van der Waals surface area contributed by atoms with E-state index in [0.29, 0.717) is 17.3 Å². The number of fused-ring (bicyclic) bond motifs is 1. The van der Waals surface area contributed by atoms with Crippen molar-refractivity contribution in [1.29, 1.82) is 0 Å². The third-order valence-electron chi connectivity index (χ3n) is 4.90. The Bertz CT molecular complexity index is 1190. The van der Waals surface area contributed by atoms with Gasteiger partial charge in [-0.1, -0.05) is 48.5 Å². The molecular formula is C23H21FN4S. The highest BCUT2D eigenvalue weighted by atomic mass is 32.1. The van der Waals surface area contributed by atoms with Crippen molar-refractivity contribution >= 4 is 39.5 Å². The van der Waals surface area contributed by atoms with E-state index >= 15 is 0 Å². The van der Waals surface area contributed by atoms with E-state index in [9.17, 15) is 4.39 Å². The average molecular weight is 405 g/mol. The summed E-state index contributed by atoms with van der Waals surface area (Å²) in [5, 5.41) is 13.7. The molecule has 0 aliphatic heterocycles. The van der Waals surface area contributed by atoms with Gasteiger partial charge in [0, 0.05) is 5.69 Å². The molecule has 0 bridgehead atoms. The normalized spacial score (nSPS) is 10.9. The predicted octanol–water partition coefficient (Wildman–Crippen LogP) is 5.65. The van der Waals surface area contributed by atoms with Gasteiger partial charge in [-0.25, -0.2) is 4.39 Å². The Hall–Kier alpha value is -3.25. The molecule has 6 heteroatoms. The lowest BCUT2D eigenvalue weighted by Gasteiger charge is -2.12. The lowest BCUT2D eigenvalue weighted by molar-refractivity contribution is 0.628. The monoisotopic (exact) mass is 404 g/mol. The lowest BCUT2D eigenvalue weighted by Crippen LogP contribution is -2.20. The first-order valence-corrected chi connectivity index (χ1v) is 9.76. The Morgan fingerprint density at radius 1 is 1.00 bits per heavy atom. The molecule has 0 saturated heterocycles. The van der Waals surface area contributed by atoms with Gasteiger partial charge in [-0.3, -0.25) is 4.68 Å². The van der Waals surface area contributed by atoms with Gasteiger partial charge in [-0.05, 0) is 60.6 Å². The number of halogens is 1. The molecule has 4 nitrogen and oxygen atoms in total. The molecule has 0 aliphatic rings. The van der Waals surface area contributed by atoms with Crippen molar-refractivity contribution in [3.8, 4) is 0 Å². The highest BCUT2D eigenvalue weighted by Gasteiger charge is 2.14. The zero-order valence-corrected chi connectivity index (χ0v) is 17.1. The Labute approximate surface area is 174 Å². The van der Waals surface area contributed by atoms with E-state index < -0.39 is 0 Å². The smallest absolute Gasteiger partial charge is 0.175 e. The van der Waals surface area contributed by atoms with Crippen LogP contribution < -0.4 is 10.6 Å². The Morgan fingerprint density at radius 2 is 1.76 bits per heavy atom. The van der Waals surface area contributed by atoms with Gasteiger partial charge in [0.1, 0.15) is 5.82 Å². The zero-order chi connectivity index (χ0) is 20.4. The average Bonchev–Trinajstić information content (AvgIpc) is 2.96. The van der Waals surface area contributed by atoms with Crippen molar-refractivity contribution in [2.75, 3.05) is 10.6 Å². The number of nitrogens with zero attached hydrogens (tertiary/aromatic N) is 2. The maximum atomic E-state index is 13.4. The fourth-order valence-electron chi connectivity index (χ4n) is 3.47. The second kappa shape index (κ2) is 8.01. The maximum Gasteiger partial charge on any atom is 0.175 e. The summed E-state index contributed by atoms with van der Waals surface area (Å²) < 4.78 is 15.4. The summed E-state index contributed by atoms with van der Waals surface area (Å²) in [7, 11) is 0. The molecule has 0 unspecified atom stereocenters. The minimum Gasteiger partial charge on any atom is -0.332 e. The molecule has 4 aromatic rings. The molecular weight excluding hydrogens is 383 g/mol. The zero-order valence-electron chi connectivity index (χ0n) is 16.2. The van der Waals surface area contributed by atoms with Gasteiger partial charge in [-0.2, -0.15) is 5.10 Å². The molecule has 2 N–H and O–H groups in total. The molecule has 0 radical (unpaired) electrons. The molecule has 0 atom stereocenters. The first-order valence-electron chi connectivity index (χ1n) is 9.35. The van der Waals surface area contributed by atoms with Gasteiger partial charge in [0.25, 0.3) is 0 Å². The summed E-state index contributed by atoms with van der Waals surface area (Å²) in [6.45, 7) is 4.62. The summed E-state index contributed by atoms with van der Waals surface area (Å²) in [4.78, 5) is 0. The molecule has 0 saturated carbocycles. The first kappa shape index (κ1) is 19.1. The summed E-state index contributed by atoms with van der Waals surface area (Å²) in [6.07, 6.45) is 0. The van der Waals surface area contributed by atoms with E-state index in [1.165, 1.54) is 28.5 Å². The summed E-state index contributed by atoms with van der Waals surface area (Å²) >= 11 is 5.40. The van der Waals surface area contributed by atoms with E-state index in [1.54, 1.807) is 12.1 Å². The largest absolute Gasteiger partial charge is 0.332 e. The van der Waals surface area contributed by atoms with Gasteiger partial charge in [0.15, 0.2) is 5.11 Å². The van der Waals surface area contributed by atoms with Crippen molar-refractivity contribution in [3.05, 3.63) is 89.5 Å². The molecule has 1 aromatic heterocycles. The summed E-state index contributed by atoms with van der Waals surface area (Å²) in [5.41, 5.74) is 4.51. The number of anilines is 2. The van der Waals surface area contributed by atoms with Gasteiger partial charge in [-0.15, -0.1) is 0 Å². The Balaban J connectivity index is 1.55. The van der Waals surface area contributed by atoms with Crippen LogP contribution in [0.2, 0.25) is 0 Å². The predicted molar refractivity (Wildman–Crippen MR) is 121 cm³/mol. The number of hydrogen-bond donors (Lipinski definition) is 2. The van der Waals surface area contributed by atoms with E-state index in [2.05, 4.69) is 47.0 Å². The van der Waals surface area contributed by atoms with E-state index in [1.807, 2.05) is 24.6 Å². The van der Waals surface area contributed by atoms with Gasteiger partial charge in [0.05, 0.1) is 23.6 Å². The summed E-state index contributed by atoms with van der Waals surface area (Å²) in [6, 6.07) is 20.9. The van der Waals surface area contributed by atoms with Crippen molar-refractivity contribution in [2.24, 2.45) is 0 Å². The Kier molecular flexibility index (Phi) is 5.27. The van der Waals surface area contributed by atoms with E-state index in [4.69, 9.17) is 17.3 Å². The van der Waals surface area contributed by atoms with Crippen LogP contribution in [0.15, 0.2) is 66.7 Å². The number of aromatic nitrogens is 2. The minimum absolute atomic E-state index is 0.312. The number of hydrogen-bond acceptors (Lipinski definition) is 2.